The van der Waals surface area contributed by atoms with Crippen molar-refractivity contribution in [3.8, 4) is 0 Å². The predicted molar refractivity (Wildman–Crippen MR) is 76.8 cm³/mol. The number of carboxylic acid groups (broad SMARTS) is 1. The van der Waals surface area contributed by atoms with E-state index in [4.69, 9.17) is 5.11 Å². The maximum absolute atomic E-state index is 12.7. The number of aliphatic carboxylic acids is 1. The molecule has 0 bridgehead atoms. The molecule has 2 rings (SSSR count). The lowest BCUT2D eigenvalue weighted by atomic mass is 10.1. The lowest BCUT2D eigenvalue weighted by Crippen LogP contribution is -2.48. The minimum atomic E-state index is -1.08. The largest absolute Gasteiger partial charge is 0.480 e. The fraction of sp³-hybridized carbons (Fsp3) is 0.400. The van der Waals surface area contributed by atoms with Gasteiger partial charge in [-0.15, -0.1) is 0 Å². The molecule has 1 aromatic carbocycles. The number of carboxylic acids is 1. The molecule has 1 unspecified atom stereocenters. The minimum Gasteiger partial charge on any atom is -0.480 e. The Balaban J connectivity index is 2.26. The Morgan fingerprint density at radius 3 is 2.52 bits per heavy atom. The molecule has 0 aliphatic carbocycles. The number of anilines is 1. The fourth-order valence-corrected chi connectivity index (χ4v) is 2.62. The summed E-state index contributed by atoms with van der Waals surface area (Å²) < 4.78 is 0. The second-order valence-corrected chi connectivity index (χ2v) is 5.02. The van der Waals surface area contributed by atoms with Gasteiger partial charge in [-0.3, -0.25) is 19.3 Å². The second-order valence-electron chi connectivity index (χ2n) is 5.02. The Morgan fingerprint density at radius 1 is 1.29 bits per heavy atom. The van der Waals surface area contributed by atoms with Gasteiger partial charge in [0.1, 0.15) is 12.6 Å². The Labute approximate surface area is 123 Å². The molecule has 0 saturated carbocycles. The van der Waals surface area contributed by atoms with Crippen LogP contribution in [0.2, 0.25) is 0 Å². The molecule has 1 heterocycles. The maximum Gasteiger partial charge on any atom is 0.323 e. The third-order valence-corrected chi connectivity index (χ3v) is 3.57. The van der Waals surface area contributed by atoms with E-state index >= 15 is 0 Å². The van der Waals surface area contributed by atoms with Gasteiger partial charge >= 0.3 is 5.97 Å². The minimum absolute atomic E-state index is 0.158. The molecular formula is C15H18N2O4. The Kier molecular flexibility index (Phi) is 4.57. The molecule has 1 aliphatic rings. The Bertz CT molecular complexity index is 544. The van der Waals surface area contributed by atoms with Crippen molar-refractivity contribution in [2.24, 2.45) is 0 Å². The van der Waals surface area contributed by atoms with E-state index in [-0.39, 0.29) is 11.8 Å². The number of benzene rings is 1. The number of carbonyl (C=O) groups excluding carboxylic acids is 2. The SMILES string of the molecule is CC(=O)N1CCCC1C(=O)N(CC(=O)O)c1ccccc1. The van der Waals surface area contributed by atoms with E-state index in [1.165, 1.54) is 16.7 Å². The van der Waals surface area contributed by atoms with Gasteiger partial charge in [0.15, 0.2) is 0 Å². The molecule has 21 heavy (non-hydrogen) atoms. The van der Waals surface area contributed by atoms with E-state index in [9.17, 15) is 14.4 Å². The zero-order valence-corrected chi connectivity index (χ0v) is 11.9. The molecule has 2 amide bonds. The Morgan fingerprint density at radius 2 is 1.95 bits per heavy atom. The van der Waals surface area contributed by atoms with Crippen molar-refractivity contribution in [3.05, 3.63) is 30.3 Å². The number of amides is 2. The molecule has 0 spiro atoms. The molecule has 0 aromatic heterocycles. The summed E-state index contributed by atoms with van der Waals surface area (Å²) in [6.07, 6.45) is 1.33. The zero-order valence-electron chi connectivity index (χ0n) is 11.9. The molecule has 1 N–H and O–H groups in total. The van der Waals surface area contributed by atoms with Crippen molar-refractivity contribution < 1.29 is 19.5 Å². The number of hydrogen-bond donors (Lipinski definition) is 1. The zero-order chi connectivity index (χ0) is 15.4. The topological polar surface area (TPSA) is 77.9 Å². The molecule has 6 heteroatoms. The van der Waals surface area contributed by atoms with Crippen molar-refractivity contribution in [1.29, 1.82) is 0 Å². The number of likely N-dealkylation sites (tertiary alicyclic amines) is 1. The summed E-state index contributed by atoms with van der Waals surface area (Å²) in [6.45, 7) is 1.56. The van der Waals surface area contributed by atoms with Crippen molar-refractivity contribution >= 4 is 23.5 Å². The summed E-state index contributed by atoms with van der Waals surface area (Å²) in [5.41, 5.74) is 0.528. The van der Waals surface area contributed by atoms with Crippen LogP contribution in [0.15, 0.2) is 30.3 Å². The first kappa shape index (κ1) is 15.0. The number of rotatable bonds is 4. The standard InChI is InChI=1S/C15H18N2O4/c1-11(18)16-9-5-8-13(16)15(21)17(10-14(19)20)12-6-3-2-4-7-12/h2-4,6-7,13H,5,8-10H2,1H3,(H,19,20). The van der Waals surface area contributed by atoms with Crippen LogP contribution in [0.3, 0.4) is 0 Å². The monoisotopic (exact) mass is 290 g/mol. The summed E-state index contributed by atoms with van der Waals surface area (Å²) in [5.74, 6) is -1.58. The summed E-state index contributed by atoms with van der Waals surface area (Å²) >= 11 is 0. The van der Waals surface area contributed by atoms with Crippen molar-refractivity contribution in [2.45, 2.75) is 25.8 Å². The normalized spacial score (nSPS) is 17.6. The Hall–Kier alpha value is -2.37. The lowest BCUT2D eigenvalue weighted by Gasteiger charge is -2.29. The van der Waals surface area contributed by atoms with Gasteiger partial charge in [0, 0.05) is 19.2 Å². The number of hydrogen-bond acceptors (Lipinski definition) is 3. The van der Waals surface area contributed by atoms with Crippen LogP contribution in [0.5, 0.6) is 0 Å². The highest BCUT2D eigenvalue weighted by Crippen LogP contribution is 2.22. The van der Waals surface area contributed by atoms with E-state index in [0.717, 1.165) is 6.42 Å². The van der Waals surface area contributed by atoms with Crippen molar-refractivity contribution in [1.82, 2.24) is 4.90 Å². The van der Waals surface area contributed by atoms with Crippen LogP contribution in [0.1, 0.15) is 19.8 Å². The molecule has 112 valence electrons. The summed E-state index contributed by atoms with van der Waals surface area (Å²) in [6, 6.07) is 8.10. The highest BCUT2D eigenvalue weighted by molar-refractivity contribution is 6.02. The molecule has 1 fully saturated rings. The quantitative estimate of drug-likeness (QED) is 0.901. The number of carbonyl (C=O) groups is 3. The molecule has 1 atom stereocenters. The molecule has 0 radical (unpaired) electrons. The molecule has 1 aromatic rings. The third kappa shape index (κ3) is 3.39. The highest BCUT2D eigenvalue weighted by Gasteiger charge is 2.36. The number of para-hydroxylation sites is 1. The summed E-state index contributed by atoms with van der Waals surface area (Å²) in [5, 5.41) is 9.04. The molecule has 1 saturated heterocycles. The molecule has 1 aliphatic heterocycles. The van der Waals surface area contributed by atoms with Crippen LogP contribution in [0.4, 0.5) is 5.69 Å². The molecular weight excluding hydrogens is 272 g/mol. The molecule has 6 nitrogen and oxygen atoms in total. The van der Waals surface area contributed by atoms with E-state index in [1.54, 1.807) is 30.3 Å². The first-order valence-electron chi connectivity index (χ1n) is 6.86. The smallest absolute Gasteiger partial charge is 0.323 e. The van der Waals surface area contributed by atoms with E-state index < -0.39 is 18.6 Å². The van der Waals surface area contributed by atoms with E-state index in [2.05, 4.69) is 0 Å². The summed E-state index contributed by atoms with van der Waals surface area (Å²) in [7, 11) is 0. The van der Waals surface area contributed by atoms with Gasteiger partial charge in [0.05, 0.1) is 0 Å². The van der Waals surface area contributed by atoms with Gasteiger partial charge in [-0.25, -0.2) is 0 Å². The summed E-state index contributed by atoms with van der Waals surface area (Å²) in [4.78, 5) is 38.0. The third-order valence-electron chi connectivity index (χ3n) is 3.57. The predicted octanol–water partition coefficient (Wildman–Crippen LogP) is 1.12. The maximum atomic E-state index is 12.7. The average Bonchev–Trinajstić information content (AvgIpc) is 2.94. The van der Waals surface area contributed by atoms with Crippen molar-refractivity contribution in [3.63, 3.8) is 0 Å². The fourth-order valence-electron chi connectivity index (χ4n) is 2.62. The first-order valence-corrected chi connectivity index (χ1v) is 6.86. The van der Waals surface area contributed by atoms with Gasteiger partial charge < -0.3 is 10.0 Å². The van der Waals surface area contributed by atoms with Crippen LogP contribution >= 0.6 is 0 Å². The van der Waals surface area contributed by atoms with Crippen LogP contribution in [0.25, 0.3) is 0 Å². The van der Waals surface area contributed by atoms with Gasteiger partial charge in [0.2, 0.25) is 11.8 Å². The van der Waals surface area contributed by atoms with Gasteiger partial charge in [0.25, 0.3) is 0 Å². The van der Waals surface area contributed by atoms with Gasteiger partial charge in [-0.2, -0.15) is 0 Å². The van der Waals surface area contributed by atoms with E-state index in [1.807, 2.05) is 0 Å². The van der Waals surface area contributed by atoms with Gasteiger partial charge in [-0.05, 0) is 25.0 Å². The lowest BCUT2D eigenvalue weighted by molar-refractivity contribution is -0.138. The van der Waals surface area contributed by atoms with Gasteiger partial charge in [-0.1, -0.05) is 18.2 Å². The van der Waals surface area contributed by atoms with Crippen LogP contribution in [-0.4, -0.2) is 46.9 Å². The van der Waals surface area contributed by atoms with Crippen LogP contribution in [0, 0.1) is 0 Å². The van der Waals surface area contributed by atoms with Crippen LogP contribution < -0.4 is 4.90 Å². The average molecular weight is 290 g/mol. The first-order chi connectivity index (χ1) is 10.0. The van der Waals surface area contributed by atoms with Crippen molar-refractivity contribution in [2.75, 3.05) is 18.0 Å². The highest BCUT2D eigenvalue weighted by atomic mass is 16.4. The number of nitrogens with zero attached hydrogens (tertiary/aromatic N) is 2. The van der Waals surface area contributed by atoms with Crippen LogP contribution in [-0.2, 0) is 14.4 Å². The van der Waals surface area contributed by atoms with E-state index in [0.29, 0.717) is 18.7 Å². The second kappa shape index (κ2) is 6.39.